The van der Waals surface area contributed by atoms with E-state index in [0.29, 0.717) is 38.9 Å². The maximum Gasteiger partial charge on any atom is 0.192 e. The van der Waals surface area contributed by atoms with Crippen LogP contribution in [0.15, 0.2) is 76.5 Å². The Morgan fingerprint density at radius 2 is 1.71 bits per heavy atom. The van der Waals surface area contributed by atoms with E-state index in [1.165, 1.54) is 11.8 Å². The Bertz CT molecular complexity index is 1140. The summed E-state index contributed by atoms with van der Waals surface area (Å²) in [6.45, 7) is 0.637. The van der Waals surface area contributed by atoms with Gasteiger partial charge in [0.15, 0.2) is 16.8 Å². The van der Waals surface area contributed by atoms with Crippen molar-refractivity contribution in [3.05, 3.63) is 94.1 Å². The first-order valence-electron chi connectivity index (χ1n) is 9.33. The Labute approximate surface area is 193 Å². The highest BCUT2D eigenvalue weighted by Gasteiger charge is 2.17. The molecule has 0 atom stereocenters. The Balaban J connectivity index is 1.48. The van der Waals surface area contributed by atoms with Crippen LogP contribution in [0.25, 0.3) is 0 Å². The van der Waals surface area contributed by atoms with Crippen LogP contribution < -0.4 is 4.74 Å². The van der Waals surface area contributed by atoms with Gasteiger partial charge < -0.3 is 9.15 Å². The zero-order valence-electron chi connectivity index (χ0n) is 16.2. The van der Waals surface area contributed by atoms with E-state index in [9.17, 15) is 4.79 Å². The molecule has 158 valence electrons. The molecule has 4 aromatic rings. The monoisotopic (exact) mass is 473 g/mol. The van der Waals surface area contributed by atoms with Crippen LogP contribution >= 0.6 is 35.0 Å². The molecule has 0 aliphatic carbocycles. The van der Waals surface area contributed by atoms with Crippen molar-refractivity contribution in [2.45, 2.75) is 18.3 Å². The van der Waals surface area contributed by atoms with Gasteiger partial charge in [0.05, 0.1) is 18.6 Å². The quantitative estimate of drug-likeness (QED) is 0.226. The summed E-state index contributed by atoms with van der Waals surface area (Å²) in [6, 6.07) is 17.6. The minimum absolute atomic E-state index is 0.0202. The number of benzene rings is 2. The van der Waals surface area contributed by atoms with Gasteiger partial charge in [-0.3, -0.25) is 9.36 Å². The number of Topliss-reactive ketones (excluding diaryl/α,β-unsaturated/α-hetero) is 1. The van der Waals surface area contributed by atoms with E-state index in [-0.39, 0.29) is 18.1 Å². The Morgan fingerprint density at radius 1 is 1.00 bits per heavy atom. The lowest BCUT2D eigenvalue weighted by molar-refractivity contribution is 0.102. The van der Waals surface area contributed by atoms with Gasteiger partial charge in [-0.1, -0.05) is 35.0 Å². The van der Waals surface area contributed by atoms with Crippen LogP contribution in [0.2, 0.25) is 10.0 Å². The molecule has 0 saturated carbocycles. The van der Waals surface area contributed by atoms with Gasteiger partial charge in [-0.05, 0) is 60.7 Å². The highest BCUT2D eigenvalue weighted by Crippen LogP contribution is 2.22. The molecule has 6 nitrogen and oxygen atoms in total. The minimum Gasteiger partial charge on any atom is -0.486 e. The number of nitrogens with zero attached hydrogens (tertiary/aromatic N) is 3. The van der Waals surface area contributed by atoms with Crippen molar-refractivity contribution in [1.82, 2.24) is 14.8 Å². The number of rotatable bonds is 9. The van der Waals surface area contributed by atoms with Crippen molar-refractivity contribution in [2.24, 2.45) is 0 Å². The van der Waals surface area contributed by atoms with E-state index >= 15 is 0 Å². The minimum atomic E-state index is -0.0202. The third kappa shape index (κ3) is 5.70. The molecule has 4 rings (SSSR count). The molecule has 9 heteroatoms. The van der Waals surface area contributed by atoms with E-state index in [2.05, 4.69) is 10.2 Å². The van der Waals surface area contributed by atoms with Crippen molar-refractivity contribution < 1.29 is 13.9 Å². The molecule has 0 N–H and O–H groups in total. The molecular formula is C22H17Cl2N3O3S. The molecular weight excluding hydrogens is 457 g/mol. The molecule has 2 heterocycles. The summed E-state index contributed by atoms with van der Waals surface area (Å²) >= 11 is 13.1. The molecule has 0 spiro atoms. The zero-order chi connectivity index (χ0) is 21.6. The first-order chi connectivity index (χ1) is 15.1. The van der Waals surface area contributed by atoms with Gasteiger partial charge in [0.1, 0.15) is 18.1 Å². The number of ketones is 1. The predicted molar refractivity (Wildman–Crippen MR) is 120 cm³/mol. The van der Waals surface area contributed by atoms with Crippen molar-refractivity contribution >= 4 is 40.7 Å². The van der Waals surface area contributed by atoms with E-state index in [1.54, 1.807) is 54.8 Å². The number of aromatic nitrogens is 3. The van der Waals surface area contributed by atoms with Crippen LogP contribution in [-0.2, 0) is 13.2 Å². The molecule has 0 fully saturated rings. The van der Waals surface area contributed by atoms with Gasteiger partial charge in [-0.25, -0.2) is 0 Å². The van der Waals surface area contributed by atoms with Crippen LogP contribution in [0, 0.1) is 0 Å². The number of halogens is 2. The number of hydrogen-bond acceptors (Lipinski definition) is 6. The van der Waals surface area contributed by atoms with Crippen molar-refractivity contribution in [2.75, 3.05) is 5.75 Å². The SMILES string of the molecule is O=C(CSc1nnc(COc2ccc(Cl)cc2)n1Cc1ccco1)c1ccc(Cl)cc1. The van der Waals surface area contributed by atoms with Crippen LogP contribution in [-0.4, -0.2) is 26.3 Å². The molecule has 0 saturated heterocycles. The van der Waals surface area contributed by atoms with Crippen molar-refractivity contribution in [1.29, 1.82) is 0 Å². The van der Waals surface area contributed by atoms with E-state index in [0.717, 1.165) is 5.76 Å². The number of furan rings is 1. The number of carbonyl (C=O) groups is 1. The van der Waals surface area contributed by atoms with Crippen LogP contribution in [0.1, 0.15) is 21.9 Å². The smallest absolute Gasteiger partial charge is 0.192 e. The van der Waals surface area contributed by atoms with Crippen molar-refractivity contribution in [3.8, 4) is 5.75 Å². The number of carbonyl (C=O) groups excluding carboxylic acids is 1. The fourth-order valence-corrected chi connectivity index (χ4v) is 3.88. The largest absolute Gasteiger partial charge is 0.486 e. The molecule has 0 bridgehead atoms. The maximum absolute atomic E-state index is 12.5. The summed E-state index contributed by atoms with van der Waals surface area (Å²) in [6.07, 6.45) is 1.61. The first-order valence-corrected chi connectivity index (χ1v) is 11.1. The third-order valence-corrected chi connectivity index (χ3v) is 5.84. The van der Waals surface area contributed by atoms with Crippen molar-refractivity contribution in [3.63, 3.8) is 0 Å². The maximum atomic E-state index is 12.5. The molecule has 0 aliphatic heterocycles. The Morgan fingerprint density at radius 3 is 2.39 bits per heavy atom. The first kappa shape index (κ1) is 21.5. The van der Waals surface area contributed by atoms with Gasteiger partial charge in [-0.2, -0.15) is 0 Å². The fraction of sp³-hybridized carbons (Fsp3) is 0.136. The second kappa shape index (κ2) is 10.0. The molecule has 2 aromatic carbocycles. The summed E-state index contributed by atoms with van der Waals surface area (Å²) in [4.78, 5) is 12.5. The van der Waals surface area contributed by atoms with Gasteiger partial charge in [0, 0.05) is 15.6 Å². The average molecular weight is 474 g/mol. The van der Waals surface area contributed by atoms with Gasteiger partial charge >= 0.3 is 0 Å². The zero-order valence-corrected chi connectivity index (χ0v) is 18.5. The van der Waals surface area contributed by atoms with Gasteiger partial charge in [0.25, 0.3) is 0 Å². The van der Waals surface area contributed by atoms with E-state index in [4.69, 9.17) is 32.4 Å². The topological polar surface area (TPSA) is 70.2 Å². The lowest BCUT2D eigenvalue weighted by Gasteiger charge is -2.10. The standard InChI is InChI=1S/C22H17Cl2N3O3S/c23-16-5-3-15(4-6-16)20(28)14-31-22-26-25-21(27(22)12-19-2-1-11-29-19)13-30-18-9-7-17(24)8-10-18/h1-11H,12-14H2. The lowest BCUT2D eigenvalue weighted by atomic mass is 10.1. The predicted octanol–water partition coefficient (Wildman–Crippen LogP) is 5.78. The Kier molecular flexibility index (Phi) is 6.96. The summed E-state index contributed by atoms with van der Waals surface area (Å²) in [5.41, 5.74) is 0.597. The normalized spacial score (nSPS) is 10.9. The van der Waals surface area contributed by atoms with E-state index < -0.39 is 0 Å². The summed E-state index contributed by atoms with van der Waals surface area (Å²) in [5.74, 6) is 2.24. The summed E-state index contributed by atoms with van der Waals surface area (Å²) in [7, 11) is 0. The number of ether oxygens (including phenoxy) is 1. The highest BCUT2D eigenvalue weighted by molar-refractivity contribution is 7.99. The van der Waals surface area contributed by atoms with Crippen LogP contribution in [0.5, 0.6) is 5.75 Å². The summed E-state index contributed by atoms with van der Waals surface area (Å²) < 4.78 is 13.2. The molecule has 0 aliphatic rings. The van der Waals surface area contributed by atoms with Crippen LogP contribution in [0.4, 0.5) is 0 Å². The highest BCUT2D eigenvalue weighted by atomic mass is 35.5. The third-order valence-electron chi connectivity index (χ3n) is 4.37. The molecule has 0 amide bonds. The number of hydrogen-bond donors (Lipinski definition) is 0. The molecule has 0 radical (unpaired) electrons. The second-order valence-corrected chi connectivity index (χ2v) is 8.34. The fourth-order valence-electron chi connectivity index (χ4n) is 2.78. The summed E-state index contributed by atoms with van der Waals surface area (Å²) in [5, 5.41) is 10.4. The molecule has 31 heavy (non-hydrogen) atoms. The average Bonchev–Trinajstić information content (AvgIpc) is 3.43. The van der Waals surface area contributed by atoms with Gasteiger partial charge in [-0.15, -0.1) is 10.2 Å². The number of thioether (sulfide) groups is 1. The van der Waals surface area contributed by atoms with Gasteiger partial charge in [0.2, 0.25) is 0 Å². The molecule has 2 aromatic heterocycles. The van der Waals surface area contributed by atoms with Crippen LogP contribution in [0.3, 0.4) is 0 Å². The van der Waals surface area contributed by atoms with E-state index in [1.807, 2.05) is 16.7 Å². The Hall–Kier alpha value is -2.74. The molecule has 0 unspecified atom stereocenters. The second-order valence-electron chi connectivity index (χ2n) is 6.53. The lowest BCUT2D eigenvalue weighted by Crippen LogP contribution is -2.10.